The van der Waals surface area contributed by atoms with Gasteiger partial charge in [0.25, 0.3) is 0 Å². The third kappa shape index (κ3) is 6.74. The van der Waals surface area contributed by atoms with Gasteiger partial charge < -0.3 is 0 Å². The minimum Gasteiger partial charge on any atom is -0.0971 e. The Hall–Kier alpha value is 0.430. The van der Waals surface area contributed by atoms with Crippen LogP contribution in [0.25, 0.3) is 0 Å². The van der Waals surface area contributed by atoms with Gasteiger partial charge in [0, 0.05) is 0 Å². The van der Waals surface area contributed by atoms with Crippen LogP contribution in [0.5, 0.6) is 0 Å². The van der Waals surface area contributed by atoms with Crippen molar-refractivity contribution in [2.45, 2.75) is 156 Å². The fourth-order valence-electron chi connectivity index (χ4n) is 7.61. The fourth-order valence-corrected chi connectivity index (χ4v) is 12.1. The zero-order chi connectivity index (χ0) is 23.0. The molecule has 3 aliphatic carbocycles. The Morgan fingerprint density at radius 2 is 0.548 bits per heavy atom. The SMILES string of the molecule is CC(C)(C)C1CCC(P(C2CCC(C(C)(C)C)CC2)C2CCC(C(C)(C)C)CC2)CC1. The monoisotopic (exact) mass is 448 g/mol. The summed E-state index contributed by atoms with van der Waals surface area (Å²) >= 11 is 0. The molecule has 0 unspecified atom stereocenters. The van der Waals surface area contributed by atoms with Crippen molar-refractivity contribution < 1.29 is 0 Å². The average Bonchev–Trinajstić information content (AvgIpc) is 2.67. The largest absolute Gasteiger partial charge is 0.0971 e. The van der Waals surface area contributed by atoms with Crippen molar-refractivity contribution in [3.63, 3.8) is 0 Å². The van der Waals surface area contributed by atoms with Gasteiger partial charge in [0.05, 0.1) is 0 Å². The lowest BCUT2D eigenvalue weighted by Crippen LogP contribution is -2.36. The topological polar surface area (TPSA) is 0 Å². The van der Waals surface area contributed by atoms with E-state index in [1.165, 1.54) is 38.5 Å². The van der Waals surface area contributed by atoms with Gasteiger partial charge >= 0.3 is 0 Å². The van der Waals surface area contributed by atoms with Crippen LogP contribution in [0.3, 0.4) is 0 Å². The van der Waals surface area contributed by atoms with Gasteiger partial charge in [-0.25, -0.2) is 0 Å². The summed E-state index contributed by atoms with van der Waals surface area (Å²) in [5.74, 6) is 2.90. The van der Waals surface area contributed by atoms with E-state index in [0.717, 1.165) is 34.7 Å². The molecule has 0 atom stereocenters. The van der Waals surface area contributed by atoms with E-state index >= 15 is 0 Å². The van der Waals surface area contributed by atoms with Gasteiger partial charge in [-0.2, -0.15) is 0 Å². The zero-order valence-electron chi connectivity index (χ0n) is 22.9. The Morgan fingerprint density at radius 1 is 0.355 bits per heavy atom. The van der Waals surface area contributed by atoms with E-state index in [9.17, 15) is 0 Å². The number of hydrogen-bond donors (Lipinski definition) is 0. The quantitative estimate of drug-likeness (QED) is 0.377. The van der Waals surface area contributed by atoms with Crippen molar-refractivity contribution in [2.24, 2.45) is 34.0 Å². The second kappa shape index (κ2) is 9.96. The van der Waals surface area contributed by atoms with Crippen molar-refractivity contribution in [1.29, 1.82) is 0 Å². The van der Waals surface area contributed by atoms with Crippen LogP contribution in [0.4, 0.5) is 0 Å². The highest BCUT2D eigenvalue weighted by Gasteiger charge is 2.43. The van der Waals surface area contributed by atoms with Crippen molar-refractivity contribution in [3.8, 4) is 0 Å². The molecule has 3 fully saturated rings. The Labute approximate surface area is 198 Å². The minimum absolute atomic E-state index is 0.220. The van der Waals surface area contributed by atoms with Gasteiger partial charge in [0.15, 0.2) is 0 Å². The highest BCUT2D eigenvalue weighted by atomic mass is 31.1. The maximum atomic E-state index is 2.49. The lowest BCUT2D eigenvalue weighted by molar-refractivity contribution is 0.171. The molecule has 3 rings (SSSR count). The molecule has 0 radical (unpaired) electrons. The average molecular weight is 449 g/mol. The maximum absolute atomic E-state index is 2.49. The van der Waals surface area contributed by atoms with E-state index in [0.29, 0.717) is 16.2 Å². The first-order valence-corrected chi connectivity index (χ1v) is 15.6. The predicted octanol–water partition coefficient (Wildman–Crippen LogP) is 10.3. The van der Waals surface area contributed by atoms with Crippen LogP contribution in [0.15, 0.2) is 0 Å². The summed E-state index contributed by atoms with van der Waals surface area (Å²) in [6.45, 7) is 22.4. The van der Waals surface area contributed by atoms with E-state index in [1.807, 2.05) is 0 Å². The summed E-state index contributed by atoms with van der Waals surface area (Å²) in [5.41, 5.74) is 4.85. The summed E-state index contributed by atoms with van der Waals surface area (Å²) in [6.07, 6.45) is 18.5. The molecule has 3 saturated carbocycles. The third-order valence-corrected chi connectivity index (χ3v) is 14.1. The molecule has 0 heterocycles. The molecule has 182 valence electrons. The van der Waals surface area contributed by atoms with E-state index in [1.54, 1.807) is 38.5 Å². The Morgan fingerprint density at radius 3 is 0.710 bits per heavy atom. The normalized spacial score (nSPS) is 37.5. The number of hydrogen-bond acceptors (Lipinski definition) is 0. The van der Waals surface area contributed by atoms with E-state index in [2.05, 4.69) is 62.3 Å². The summed E-state index contributed by atoms with van der Waals surface area (Å²) < 4.78 is 0. The maximum Gasteiger partial charge on any atom is -0.0204 e. The summed E-state index contributed by atoms with van der Waals surface area (Å²) in [5, 5.41) is 0. The summed E-state index contributed by atoms with van der Waals surface area (Å²) in [4.78, 5) is 0. The molecule has 0 spiro atoms. The molecule has 0 aromatic rings. The van der Waals surface area contributed by atoms with Gasteiger partial charge in [-0.3, -0.25) is 0 Å². The molecule has 1 heteroatoms. The van der Waals surface area contributed by atoms with Crippen molar-refractivity contribution in [1.82, 2.24) is 0 Å². The highest BCUT2D eigenvalue weighted by molar-refractivity contribution is 7.60. The van der Waals surface area contributed by atoms with Crippen LogP contribution in [0.2, 0.25) is 0 Å². The number of rotatable bonds is 3. The van der Waals surface area contributed by atoms with E-state index < -0.39 is 0 Å². The van der Waals surface area contributed by atoms with E-state index in [4.69, 9.17) is 0 Å². The highest BCUT2D eigenvalue weighted by Crippen LogP contribution is 2.64. The summed E-state index contributed by atoms with van der Waals surface area (Å²) in [6, 6.07) is 0. The van der Waals surface area contributed by atoms with Crippen LogP contribution in [0.1, 0.15) is 139 Å². The van der Waals surface area contributed by atoms with Gasteiger partial charge in [0.1, 0.15) is 0 Å². The third-order valence-electron chi connectivity index (χ3n) is 10.0. The standard InChI is InChI=1S/C30H57P/c1-28(2,3)22-10-16-25(17-11-22)31(26-18-12-23(13-19-26)29(4,5)6)27-20-14-24(15-21-27)30(7,8)9/h22-27H,10-21H2,1-9H3. The Balaban J connectivity index is 1.69. The first-order chi connectivity index (χ1) is 14.3. The molecule has 0 bridgehead atoms. The van der Waals surface area contributed by atoms with Crippen LogP contribution in [-0.4, -0.2) is 17.0 Å². The zero-order valence-corrected chi connectivity index (χ0v) is 23.8. The molecule has 0 nitrogen and oxygen atoms in total. The van der Waals surface area contributed by atoms with Crippen LogP contribution >= 0.6 is 7.92 Å². The second-order valence-corrected chi connectivity index (χ2v) is 18.1. The van der Waals surface area contributed by atoms with Gasteiger partial charge in [-0.1, -0.05) is 70.2 Å². The Bertz CT molecular complexity index is 452. The van der Waals surface area contributed by atoms with Gasteiger partial charge in [-0.15, -0.1) is 0 Å². The summed E-state index contributed by atoms with van der Waals surface area (Å²) in [7, 11) is 0.220. The van der Waals surface area contributed by atoms with Crippen LogP contribution < -0.4 is 0 Å². The molecule has 0 aliphatic heterocycles. The molecular formula is C30H57P. The smallest absolute Gasteiger partial charge is 0.0204 e. The minimum atomic E-state index is 0.220. The molecule has 0 N–H and O–H groups in total. The lowest BCUT2D eigenvalue weighted by atomic mass is 9.72. The fraction of sp³-hybridized carbons (Fsp3) is 1.00. The molecule has 0 saturated heterocycles. The van der Waals surface area contributed by atoms with Crippen molar-refractivity contribution in [3.05, 3.63) is 0 Å². The lowest BCUT2D eigenvalue weighted by Gasteiger charge is -2.49. The van der Waals surface area contributed by atoms with Crippen molar-refractivity contribution >= 4 is 7.92 Å². The predicted molar refractivity (Wildman–Crippen MR) is 143 cm³/mol. The van der Waals surface area contributed by atoms with Crippen LogP contribution in [0, 0.1) is 34.0 Å². The Kier molecular flexibility index (Phi) is 8.37. The molecule has 0 aromatic heterocycles. The van der Waals surface area contributed by atoms with Gasteiger partial charge in [-0.05, 0) is 128 Å². The molecule has 0 aromatic carbocycles. The molecule has 0 amide bonds. The van der Waals surface area contributed by atoms with Crippen LogP contribution in [-0.2, 0) is 0 Å². The first-order valence-electron chi connectivity index (χ1n) is 14.0. The van der Waals surface area contributed by atoms with E-state index in [-0.39, 0.29) is 7.92 Å². The molecule has 3 aliphatic rings. The molecule has 31 heavy (non-hydrogen) atoms. The molecular weight excluding hydrogens is 391 g/mol. The first kappa shape index (κ1) is 26.0. The van der Waals surface area contributed by atoms with Gasteiger partial charge in [0.2, 0.25) is 0 Å². The van der Waals surface area contributed by atoms with Crippen molar-refractivity contribution in [2.75, 3.05) is 0 Å². The second-order valence-electron chi connectivity index (χ2n) is 15.1.